The first-order valence-electron chi connectivity index (χ1n) is 3.21. The zero-order chi connectivity index (χ0) is 5.11. The molecule has 1 rings (SSSR count). The molecule has 0 aliphatic heterocycles. The van der Waals surface area contributed by atoms with Gasteiger partial charge in [0.15, 0.2) is 0 Å². The van der Waals surface area contributed by atoms with E-state index in [0.29, 0.717) is 0 Å². The molecule has 0 spiro atoms. The zero-order valence-electron chi connectivity index (χ0n) is 5.56. The Morgan fingerprint density at radius 1 is 1.50 bits per heavy atom. The van der Waals surface area contributed by atoms with E-state index < -0.39 is 0 Å². The molecule has 0 amide bonds. The number of hydrogen-bond donors (Lipinski definition) is 0. The molecule has 0 saturated heterocycles. The second-order valence-electron chi connectivity index (χ2n) is 2.56. The summed E-state index contributed by atoms with van der Waals surface area (Å²) in [7, 11) is 0. The van der Waals surface area contributed by atoms with E-state index in [1.165, 1.54) is 25.7 Å². The van der Waals surface area contributed by atoms with Gasteiger partial charge in [-0.25, -0.2) is 0 Å². The van der Waals surface area contributed by atoms with Crippen molar-refractivity contribution in [2.24, 2.45) is 5.92 Å². The second-order valence-corrected chi connectivity index (χ2v) is 2.56. The van der Waals surface area contributed by atoms with Crippen LogP contribution >= 0.6 is 0 Å². The Morgan fingerprint density at radius 2 is 2.25 bits per heavy atom. The molecule has 0 heterocycles. The molecule has 1 heteroatoms. The van der Waals surface area contributed by atoms with Gasteiger partial charge < -0.3 is 6.42 Å². The van der Waals surface area contributed by atoms with Gasteiger partial charge in [0, 0.05) is 32.7 Å². The van der Waals surface area contributed by atoms with Crippen LogP contribution in [0.4, 0.5) is 0 Å². The molecule has 1 atom stereocenters. The van der Waals surface area contributed by atoms with Crippen molar-refractivity contribution in [3.8, 4) is 0 Å². The Bertz CT molecular complexity index is 46.3. The van der Waals surface area contributed by atoms with E-state index in [0.717, 1.165) is 5.92 Å². The molecular formula is C7H13Y-. The molecule has 45 valence electrons. The third-order valence-electron chi connectivity index (χ3n) is 1.67. The van der Waals surface area contributed by atoms with Gasteiger partial charge >= 0.3 is 0 Å². The summed E-state index contributed by atoms with van der Waals surface area (Å²) in [5.74, 6) is 0.980. The van der Waals surface area contributed by atoms with Crippen molar-refractivity contribution < 1.29 is 32.7 Å². The summed E-state index contributed by atoms with van der Waals surface area (Å²) in [6, 6.07) is 0. The Morgan fingerprint density at radius 3 is 2.50 bits per heavy atom. The van der Waals surface area contributed by atoms with Gasteiger partial charge in [0.2, 0.25) is 0 Å². The van der Waals surface area contributed by atoms with Crippen molar-refractivity contribution in [1.82, 2.24) is 0 Å². The van der Waals surface area contributed by atoms with Crippen molar-refractivity contribution in [2.45, 2.75) is 32.6 Å². The fraction of sp³-hybridized carbons (Fsp3) is 0.857. The first kappa shape index (κ1) is 9.10. The molecule has 1 unspecified atom stereocenters. The molecule has 0 bridgehead atoms. The largest absolute Gasteiger partial charge is 0.328 e. The fourth-order valence-electron chi connectivity index (χ4n) is 1.13. The molecule has 1 aliphatic rings. The minimum absolute atomic E-state index is 0. The van der Waals surface area contributed by atoms with Crippen molar-refractivity contribution in [2.75, 3.05) is 0 Å². The Labute approximate surface area is 77.3 Å². The third kappa shape index (κ3) is 3.19. The van der Waals surface area contributed by atoms with E-state index in [9.17, 15) is 0 Å². The Balaban J connectivity index is 0.000000490. The fourth-order valence-corrected chi connectivity index (χ4v) is 1.13. The van der Waals surface area contributed by atoms with Crippen LogP contribution in [0.1, 0.15) is 32.6 Å². The van der Waals surface area contributed by atoms with Crippen LogP contribution in [-0.2, 0) is 32.7 Å². The van der Waals surface area contributed by atoms with Crippen molar-refractivity contribution in [3.05, 3.63) is 6.42 Å². The van der Waals surface area contributed by atoms with Crippen LogP contribution in [0.25, 0.3) is 0 Å². The second kappa shape index (κ2) is 4.93. The number of rotatable bonds is 0. The zero-order valence-corrected chi connectivity index (χ0v) is 8.40. The van der Waals surface area contributed by atoms with E-state index in [1.54, 1.807) is 0 Å². The normalized spacial score (nSPS) is 28.9. The van der Waals surface area contributed by atoms with Crippen LogP contribution in [-0.4, -0.2) is 0 Å². The van der Waals surface area contributed by atoms with E-state index in [-0.39, 0.29) is 32.7 Å². The molecule has 1 radical (unpaired) electrons. The first-order valence-corrected chi connectivity index (χ1v) is 3.21. The molecule has 0 nitrogen and oxygen atoms in total. The quantitative estimate of drug-likeness (QED) is 0.509. The smallest absolute Gasteiger partial charge is 0 e. The summed E-state index contributed by atoms with van der Waals surface area (Å²) in [6.45, 7) is 2.33. The summed E-state index contributed by atoms with van der Waals surface area (Å²) in [4.78, 5) is 0. The minimum atomic E-state index is 0. The predicted octanol–water partition coefficient (Wildman–Crippen LogP) is 2.40. The van der Waals surface area contributed by atoms with E-state index >= 15 is 0 Å². The van der Waals surface area contributed by atoms with Gasteiger partial charge in [0.1, 0.15) is 0 Å². The summed E-state index contributed by atoms with van der Waals surface area (Å²) >= 11 is 0. The average molecular weight is 186 g/mol. The summed E-state index contributed by atoms with van der Waals surface area (Å²) in [5, 5.41) is 0. The van der Waals surface area contributed by atoms with Gasteiger partial charge in [0.25, 0.3) is 0 Å². The summed E-state index contributed by atoms with van der Waals surface area (Å²) in [6.07, 6.45) is 8.02. The molecule has 1 fully saturated rings. The van der Waals surface area contributed by atoms with Gasteiger partial charge in [-0.05, 0) is 0 Å². The predicted molar refractivity (Wildman–Crippen MR) is 31.9 cm³/mol. The molecule has 1 saturated carbocycles. The van der Waals surface area contributed by atoms with Crippen molar-refractivity contribution in [3.63, 3.8) is 0 Å². The SMILES string of the molecule is CC1C[CH-]CCC1.[Y]. The van der Waals surface area contributed by atoms with Gasteiger partial charge in [-0.2, -0.15) is 12.8 Å². The molecule has 0 aromatic carbocycles. The van der Waals surface area contributed by atoms with Crippen LogP contribution in [0.3, 0.4) is 0 Å². The van der Waals surface area contributed by atoms with Gasteiger partial charge in [-0.15, -0.1) is 0 Å². The molecular weight excluding hydrogens is 173 g/mol. The first-order chi connectivity index (χ1) is 3.39. The Kier molecular flexibility index (Phi) is 5.62. The van der Waals surface area contributed by atoms with E-state index in [4.69, 9.17) is 0 Å². The topological polar surface area (TPSA) is 0 Å². The van der Waals surface area contributed by atoms with E-state index in [2.05, 4.69) is 13.3 Å². The average Bonchev–Trinajstić information content (AvgIpc) is 1.69. The van der Waals surface area contributed by atoms with Crippen LogP contribution < -0.4 is 0 Å². The van der Waals surface area contributed by atoms with Gasteiger partial charge in [-0.3, -0.25) is 0 Å². The standard InChI is InChI=1S/C7H13.Y/c1-7-5-3-2-4-6-7;/h3,7H,2,4-6H2,1H3;/q-1;. The molecule has 0 aromatic heterocycles. The molecule has 0 aromatic rings. The molecule has 0 N–H and O–H groups in total. The molecule has 8 heavy (non-hydrogen) atoms. The van der Waals surface area contributed by atoms with Crippen LogP contribution in [0.5, 0.6) is 0 Å². The minimum Gasteiger partial charge on any atom is -0.328 e. The summed E-state index contributed by atoms with van der Waals surface area (Å²) in [5.41, 5.74) is 0. The van der Waals surface area contributed by atoms with Crippen LogP contribution in [0.15, 0.2) is 0 Å². The summed E-state index contributed by atoms with van der Waals surface area (Å²) < 4.78 is 0. The monoisotopic (exact) mass is 186 g/mol. The Hall–Kier alpha value is 1.10. The number of hydrogen-bond acceptors (Lipinski definition) is 0. The van der Waals surface area contributed by atoms with Crippen molar-refractivity contribution >= 4 is 0 Å². The van der Waals surface area contributed by atoms with E-state index in [1.807, 2.05) is 0 Å². The van der Waals surface area contributed by atoms with Gasteiger partial charge in [-0.1, -0.05) is 25.7 Å². The molecule has 1 aliphatic carbocycles. The third-order valence-corrected chi connectivity index (χ3v) is 1.67. The van der Waals surface area contributed by atoms with Crippen LogP contribution in [0, 0.1) is 12.3 Å². The van der Waals surface area contributed by atoms with Crippen molar-refractivity contribution in [1.29, 1.82) is 0 Å². The van der Waals surface area contributed by atoms with Crippen LogP contribution in [0.2, 0.25) is 0 Å². The maximum absolute atomic E-state index is 2.41. The van der Waals surface area contributed by atoms with Gasteiger partial charge in [0.05, 0.1) is 0 Å². The maximum atomic E-state index is 2.41. The maximum Gasteiger partial charge on any atom is 0 e.